The van der Waals surface area contributed by atoms with E-state index in [2.05, 4.69) is 0 Å². The van der Waals surface area contributed by atoms with E-state index in [9.17, 15) is 10.1 Å². The van der Waals surface area contributed by atoms with Crippen molar-refractivity contribution in [2.45, 2.75) is 12.1 Å². The molecule has 5 heteroatoms. The molecule has 0 spiro atoms. The predicted octanol–water partition coefficient (Wildman–Crippen LogP) is -0.629. The van der Waals surface area contributed by atoms with Gasteiger partial charge in [-0.2, -0.15) is 0 Å². The van der Waals surface area contributed by atoms with E-state index in [1.54, 1.807) is 12.2 Å². The summed E-state index contributed by atoms with van der Waals surface area (Å²) in [6, 6.07) is -1.13. The van der Waals surface area contributed by atoms with Crippen molar-refractivity contribution in [3.8, 4) is 0 Å². The number of allylic oxidation sites excluding steroid dienone is 2. The van der Waals surface area contributed by atoms with Gasteiger partial charge in [0.15, 0.2) is 0 Å². The molecule has 0 amide bonds. The monoisotopic (exact) mass is 155 g/mol. The molecule has 2 unspecified atom stereocenters. The second-order valence-corrected chi connectivity index (χ2v) is 2.34. The highest BCUT2D eigenvalue weighted by molar-refractivity contribution is 5.23. The van der Waals surface area contributed by atoms with Crippen LogP contribution in [0.1, 0.15) is 0 Å². The topological polar surface area (TPSA) is 95.2 Å². The van der Waals surface area contributed by atoms with Gasteiger partial charge in [0.2, 0.25) is 0 Å². The van der Waals surface area contributed by atoms with Crippen molar-refractivity contribution in [1.82, 2.24) is 0 Å². The molecular formula is C6H9N3O2. The summed E-state index contributed by atoms with van der Waals surface area (Å²) in [5, 5.41) is 10.3. The van der Waals surface area contributed by atoms with Gasteiger partial charge in [-0.15, -0.1) is 0 Å². The molecule has 0 aromatic carbocycles. The molecule has 1 aliphatic rings. The zero-order chi connectivity index (χ0) is 8.43. The Bertz CT molecular complexity index is 234. The normalized spacial score (nSPS) is 29.8. The zero-order valence-electron chi connectivity index (χ0n) is 5.81. The van der Waals surface area contributed by atoms with E-state index in [0.29, 0.717) is 0 Å². The fraction of sp³-hybridized carbons (Fsp3) is 0.333. The predicted molar refractivity (Wildman–Crippen MR) is 40.2 cm³/mol. The summed E-state index contributed by atoms with van der Waals surface area (Å²) in [4.78, 5) is 9.77. The van der Waals surface area contributed by atoms with Crippen LogP contribution in [0.15, 0.2) is 23.9 Å². The van der Waals surface area contributed by atoms with Gasteiger partial charge in [-0.3, -0.25) is 10.1 Å². The van der Waals surface area contributed by atoms with Crippen LogP contribution in [0, 0.1) is 10.1 Å². The Morgan fingerprint density at radius 3 is 2.64 bits per heavy atom. The third kappa shape index (κ3) is 1.44. The molecule has 0 saturated carbocycles. The molecule has 0 heterocycles. The van der Waals surface area contributed by atoms with Gasteiger partial charge in [-0.05, 0) is 0 Å². The van der Waals surface area contributed by atoms with Crippen LogP contribution in [-0.4, -0.2) is 17.0 Å². The van der Waals surface area contributed by atoms with E-state index >= 15 is 0 Å². The van der Waals surface area contributed by atoms with Gasteiger partial charge >= 0.3 is 0 Å². The molecule has 5 nitrogen and oxygen atoms in total. The minimum Gasteiger partial charge on any atom is -0.323 e. The standard InChI is InChI=1S/C6H9N3O2/c7-4-2-1-3-5(6(4)8)9(10)11/h1-4,6H,7-8H2. The minimum atomic E-state index is -0.685. The third-order valence-corrected chi connectivity index (χ3v) is 1.57. The van der Waals surface area contributed by atoms with E-state index in [0.717, 1.165) is 0 Å². The SMILES string of the molecule is NC1C=CC=C([N+](=O)[O-])C1N. The molecule has 2 atom stereocenters. The molecule has 60 valence electrons. The number of rotatable bonds is 1. The van der Waals surface area contributed by atoms with Gasteiger partial charge in [-0.1, -0.05) is 12.2 Å². The molecule has 0 aromatic heterocycles. The number of hydrogen-bond acceptors (Lipinski definition) is 4. The largest absolute Gasteiger partial charge is 0.323 e. The van der Waals surface area contributed by atoms with Crippen LogP contribution in [-0.2, 0) is 0 Å². The average Bonchev–Trinajstić information content (AvgIpc) is 1.94. The van der Waals surface area contributed by atoms with Gasteiger partial charge in [0.25, 0.3) is 5.70 Å². The Morgan fingerprint density at radius 1 is 1.55 bits per heavy atom. The second kappa shape index (κ2) is 2.81. The van der Waals surface area contributed by atoms with Crippen molar-refractivity contribution in [2.24, 2.45) is 11.5 Å². The van der Waals surface area contributed by atoms with Gasteiger partial charge in [-0.25, -0.2) is 0 Å². The maximum absolute atomic E-state index is 10.3. The molecule has 0 aromatic rings. The summed E-state index contributed by atoms with van der Waals surface area (Å²) >= 11 is 0. The highest BCUT2D eigenvalue weighted by atomic mass is 16.6. The number of nitrogens with zero attached hydrogens (tertiary/aromatic N) is 1. The Labute approximate surface area is 63.5 Å². The van der Waals surface area contributed by atoms with E-state index in [-0.39, 0.29) is 5.70 Å². The van der Waals surface area contributed by atoms with Crippen molar-refractivity contribution in [3.05, 3.63) is 34.0 Å². The molecular weight excluding hydrogens is 146 g/mol. The van der Waals surface area contributed by atoms with Crippen LogP contribution >= 0.6 is 0 Å². The van der Waals surface area contributed by atoms with Gasteiger partial charge < -0.3 is 11.5 Å². The highest BCUT2D eigenvalue weighted by Crippen LogP contribution is 2.09. The third-order valence-electron chi connectivity index (χ3n) is 1.57. The molecule has 0 radical (unpaired) electrons. The molecule has 11 heavy (non-hydrogen) atoms. The van der Waals surface area contributed by atoms with Crippen LogP contribution in [0.3, 0.4) is 0 Å². The van der Waals surface area contributed by atoms with Crippen LogP contribution in [0.5, 0.6) is 0 Å². The van der Waals surface area contributed by atoms with Crippen molar-refractivity contribution in [2.75, 3.05) is 0 Å². The van der Waals surface area contributed by atoms with Crippen molar-refractivity contribution < 1.29 is 4.92 Å². The minimum absolute atomic E-state index is 0.0278. The lowest BCUT2D eigenvalue weighted by Gasteiger charge is -2.15. The van der Waals surface area contributed by atoms with Gasteiger partial charge in [0.1, 0.15) is 6.04 Å². The number of hydrogen-bond donors (Lipinski definition) is 2. The van der Waals surface area contributed by atoms with Gasteiger partial charge in [0, 0.05) is 12.1 Å². The molecule has 1 aliphatic carbocycles. The maximum Gasteiger partial charge on any atom is 0.264 e. The molecule has 1 rings (SSSR count). The quantitative estimate of drug-likeness (QED) is 0.389. The fourth-order valence-corrected chi connectivity index (χ4v) is 0.893. The van der Waals surface area contributed by atoms with Crippen molar-refractivity contribution in [3.63, 3.8) is 0 Å². The van der Waals surface area contributed by atoms with Crippen molar-refractivity contribution in [1.29, 1.82) is 0 Å². The van der Waals surface area contributed by atoms with E-state index < -0.39 is 17.0 Å². The van der Waals surface area contributed by atoms with Crippen LogP contribution < -0.4 is 11.5 Å². The number of nitro groups is 1. The van der Waals surface area contributed by atoms with Crippen molar-refractivity contribution >= 4 is 0 Å². The Hall–Kier alpha value is -1.20. The molecule has 0 bridgehead atoms. The van der Waals surface area contributed by atoms with E-state index in [1.165, 1.54) is 6.08 Å². The first-order valence-corrected chi connectivity index (χ1v) is 3.17. The Morgan fingerprint density at radius 2 is 2.18 bits per heavy atom. The van der Waals surface area contributed by atoms with Crippen LogP contribution in [0.25, 0.3) is 0 Å². The Balaban J connectivity index is 2.87. The number of nitrogens with two attached hydrogens (primary N) is 2. The lowest BCUT2D eigenvalue weighted by molar-refractivity contribution is -0.430. The van der Waals surface area contributed by atoms with Crippen LogP contribution in [0.4, 0.5) is 0 Å². The Kier molecular flexibility index (Phi) is 2.02. The van der Waals surface area contributed by atoms with E-state index in [4.69, 9.17) is 11.5 Å². The molecule has 0 fully saturated rings. The lowest BCUT2D eigenvalue weighted by atomic mass is 10.0. The summed E-state index contributed by atoms with van der Waals surface area (Å²) in [5.41, 5.74) is 10.9. The fourth-order valence-electron chi connectivity index (χ4n) is 0.893. The second-order valence-electron chi connectivity index (χ2n) is 2.34. The average molecular weight is 155 g/mol. The highest BCUT2D eigenvalue weighted by Gasteiger charge is 2.26. The summed E-state index contributed by atoms with van der Waals surface area (Å²) in [7, 11) is 0. The van der Waals surface area contributed by atoms with Gasteiger partial charge in [0.05, 0.1) is 4.92 Å². The maximum atomic E-state index is 10.3. The zero-order valence-corrected chi connectivity index (χ0v) is 5.81. The smallest absolute Gasteiger partial charge is 0.264 e. The summed E-state index contributed by atoms with van der Waals surface area (Å²) in [5.74, 6) is 0. The first kappa shape index (κ1) is 7.90. The summed E-state index contributed by atoms with van der Waals surface area (Å²) in [6.07, 6.45) is 4.55. The first-order valence-electron chi connectivity index (χ1n) is 3.17. The molecule has 0 saturated heterocycles. The van der Waals surface area contributed by atoms with E-state index in [1.807, 2.05) is 0 Å². The first-order chi connectivity index (χ1) is 5.13. The molecule has 4 N–H and O–H groups in total. The summed E-state index contributed by atoms with van der Waals surface area (Å²) in [6.45, 7) is 0. The summed E-state index contributed by atoms with van der Waals surface area (Å²) < 4.78 is 0. The lowest BCUT2D eigenvalue weighted by Crippen LogP contribution is -2.44. The van der Waals surface area contributed by atoms with Crippen LogP contribution in [0.2, 0.25) is 0 Å². The molecule has 0 aliphatic heterocycles.